The standard InChI is InChI=1S/C14H20N2O3/c1-10(2)6-7-15-14(19)16-9-11-4-3-5-12(8-11)13(17)18/h3-5,8,10H,6-7,9H2,1-2H3,(H,17,18)(H2,15,16,19). The Labute approximate surface area is 113 Å². The third kappa shape index (κ3) is 5.90. The van der Waals surface area contributed by atoms with Gasteiger partial charge in [0.2, 0.25) is 0 Å². The molecule has 0 aromatic heterocycles. The molecule has 5 heteroatoms. The quantitative estimate of drug-likeness (QED) is 0.737. The molecule has 2 amide bonds. The first-order chi connectivity index (χ1) is 8.99. The zero-order valence-corrected chi connectivity index (χ0v) is 11.3. The molecule has 104 valence electrons. The predicted octanol–water partition coefficient (Wildman–Crippen LogP) is 2.23. The SMILES string of the molecule is CC(C)CCNC(=O)NCc1cccc(C(=O)O)c1. The molecule has 0 aliphatic heterocycles. The second-order valence-electron chi connectivity index (χ2n) is 4.80. The summed E-state index contributed by atoms with van der Waals surface area (Å²) in [5.74, 6) is -0.421. The van der Waals surface area contributed by atoms with Gasteiger partial charge >= 0.3 is 12.0 Å². The van der Waals surface area contributed by atoms with E-state index in [9.17, 15) is 9.59 Å². The summed E-state index contributed by atoms with van der Waals surface area (Å²) in [6.45, 7) is 5.14. The van der Waals surface area contributed by atoms with Crippen LogP contribution in [-0.2, 0) is 6.54 Å². The van der Waals surface area contributed by atoms with E-state index in [1.54, 1.807) is 18.2 Å². The van der Waals surface area contributed by atoms with Crippen molar-refractivity contribution in [3.05, 3.63) is 35.4 Å². The highest BCUT2D eigenvalue weighted by molar-refractivity contribution is 5.87. The Balaban J connectivity index is 2.37. The molecule has 1 aromatic rings. The van der Waals surface area contributed by atoms with Gasteiger partial charge in [0.05, 0.1) is 5.56 Å². The van der Waals surface area contributed by atoms with Gasteiger partial charge in [-0.1, -0.05) is 26.0 Å². The maximum absolute atomic E-state index is 11.5. The van der Waals surface area contributed by atoms with Crippen molar-refractivity contribution in [1.29, 1.82) is 0 Å². The number of nitrogens with one attached hydrogen (secondary N) is 2. The monoisotopic (exact) mass is 264 g/mol. The number of aromatic carboxylic acids is 1. The van der Waals surface area contributed by atoms with E-state index in [1.165, 1.54) is 6.07 Å². The van der Waals surface area contributed by atoms with Gasteiger partial charge in [0.1, 0.15) is 0 Å². The van der Waals surface area contributed by atoms with E-state index >= 15 is 0 Å². The molecule has 0 aliphatic carbocycles. The number of benzene rings is 1. The molecule has 0 saturated heterocycles. The van der Waals surface area contributed by atoms with Crippen molar-refractivity contribution in [2.24, 2.45) is 5.92 Å². The Morgan fingerprint density at radius 2 is 2.00 bits per heavy atom. The highest BCUT2D eigenvalue weighted by Gasteiger charge is 2.04. The molecule has 0 heterocycles. The Morgan fingerprint density at radius 1 is 1.26 bits per heavy atom. The van der Waals surface area contributed by atoms with Crippen LogP contribution in [0.3, 0.4) is 0 Å². The van der Waals surface area contributed by atoms with Gasteiger partial charge < -0.3 is 15.7 Å². The number of hydrogen-bond donors (Lipinski definition) is 3. The van der Waals surface area contributed by atoms with Crippen molar-refractivity contribution < 1.29 is 14.7 Å². The molecule has 0 saturated carbocycles. The minimum absolute atomic E-state index is 0.222. The molecule has 1 rings (SSSR count). The summed E-state index contributed by atoms with van der Waals surface area (Å²) in [7, 11) is 0. The summed E-state index contributed by atoms with van der Waals surface area (Å²) in [5, 5.41) is 14.3. The zero-order valence-electron chi connectivity index (χ0n) is 11.3. The average molecular weight is 264 g/mol. The second kappa shape index (κ2) is 7.41. The van der Waals surface area contributed by atoms with E-state index in [-0.39, 0.29) is 11.6 Å². The molecular formula is C14H20N2O3. The van der Waals surface area contributed by atoms with Crippen LogP contribution in [0.25, 0.3) is 0 Å². The molecule has 0 bridgehead atoms. The molecular weight excluding hydrogens is 244 g/mol. The number of hydrogen-bond acceptors (Lipinski definition) is 2. The summed E-state index contributed by atoms with van der Waals surface area (Å²) >= 11 is 0. The maximum atomic E-state index is 11.5. The summed E-state index contributed by atoms with van der Waals surface area (Å²) in [6, 6.07) is 6.28. The van der Waals surface area contributed by atoms with Crippen molar-refractivity contribution in [2.45, 2.75) is 26.8 Å². The molecule has 0 spiro atoms. The number of urea groups is 1. The van der Waals surface area contributed by atoms with E-state index < -0.39 is 5.97 Å². The molecule has 0 aliphatic rings. The number of amides is 2. The van der Waals surface area contributed by atoms with Crippen molar-refractivity contribution >= 4 is 12.0 Å². The smallest absolute Gasteiger partial charge is 0.335 e. The van der Waals surface area contributed by atoms with Crippen LogP contribution >= 0.6 is 0 Å². The van der Waals surface area contributed by atoms with Crippen LogP contribution < -0.4 is 10.6 Å². The van der Waals surface area contributed by atoms with E-state index in [0.717, 1.165) is 12.0 Å². The number of rotatable bonds is 6. The second-order valence-corrected chi connectivity index (χ2v) is 4.80. The molecule has 0 fully saturated rings. The number of carbonyl (C=O) groups excluding carboxylic acids is 1. The Hall–Kier alpha value is -2.04. The fourth-order valence-electron chi connectivity index (χ4n) is 1.53. The van der Waals surface area contributed by atoms with Crippen LogP contribution in [0.1, 0.15) is 36.2 Å². The maximum Gasteiger partial charge on any atom is 0.335 e. The third-order valence-corrected chi connectivity index (χ3v) is 2.63. The van der Waals surface area contributed by atoms with Crippen LogP contribution in [0.4, 0.5) is 4.79 Å². The lowest BCUT2D eigenvalue weighted by Crippen LogP contribution is -2.35. The highest BCUT2D eigenvalue weighted by Crippen LogP contribution is 2.05. The Bertz CT molecular complexity index is 444. The molecule has 0 atom stereocenters. The van der Waals surface area contributed by atoms with Gasteiger partial charge in [-0.05, 0) is 30.0 Å². The van der Waals surface area contributed by atoms with Gasteiger partial charge in [0.25, 0.3) is 0 Å². The van der Waals surface area contributed by atoms with Gasteiger partial charge in [-0.15, -0.1) is 0 Å². The summed E-state index contributed by atoms with van der Waals surface area (Å²) < 4.78 is 0. The van der Waals surface area contributed by atoms with E-state index in [0.29, 0.717) is 19.0 Å². The summed E-state index contributed by atoms with van der Waals surface area (Å²) in [4.78, 5) is 22.3. The topological polar surface area (TPSA) is 78.4 Å². The van der Waals surface area contributed by atoms with Crippen molar-refractivity contribution in [1.82, 2.24) is 10.6 Å². The van der Waals surface area contributed by atoms with Crippen LogP contribution in [0, 0.1) is 5.92 Å². The van der Waals surface area contributed by atoms with E-state index in [2.05, 4.69) is 24.5 Å². The van der Waals surface area contributed by atoms with Crippen LogP contribution in [0.5, 0.6) is 0 Å². The molecule has 0 radical (unpaired) electrons. The fourth-order valence-corrected chi connectivity index (χ4v) is 1.53. The van der Waals surface area contributed by atoms with Crippen LogP contribution in [0.15, 0.2) is 24.3 Å². The molecule has 19 heavy (non-hydrogen) atoms. The normalized spacial score (nSPS) is 10.3. The van der Waals surface area contributed by atoms with Crippen LogP contribution in [-0.4, -0.2) is 23.7 Å². The van der Waals surface area contributed by atoms with E-state index in [4.69, 9.17) is 5.11 Å². The first-order valence-corrected chi connectivity index (χ1v) is 6.33. The van der Waals surface area contributed by atoms with Gasteiger partial charge in [-0.2, -0.15) is 0 Å². The predicted molar refractivity (Wildman–Crippen MR) is 73.1 cm³/mol. The summed E-state index contributed by atoms with van der Waals surface area (Å²) in [5.41, 5.74) is 0.985. The highest BCUT2D eigenvalue weighted by atomic mass is 16.4. The molecule has 1 aromatic carbocycles. The largest absolute Gasteiger partial charge is 0.478 e. The minimum atomic E-state index is -0.969. The first kappa shape index (κ1) is 15.0. The molecule has 3 N–H and O–H groups in total. The van der Waals surface area contributed by atoms with Gasteiger partial charge in [0.15, 0.2) is 0 Å². The van der Waals surface area contributed by atoms with Gasteiger partial charge in [0, 0.05) is 13.1 Å². The van der Waals surface area contributed by atoms with Crippen molar-refractivity contribution in [3.63, 3.8) is 0 Å². The Morgan fingerprint density at radius 3 is 2.63 bits per heavy atom. The molecule has 0 unspecified atom stereocenters. The van der Waals surface area contributed by atoms with Gasteiger partial charge in [-0.25, -0.2) is 9.59 Å². The lowest BCUT2D eigenvalue weighted by molar-refractivity contribution is 0.0696. The Kier molecular flexibility index (Phi) is 5.85. The van der Waals surface area contributed by atoms with E-state index in [1.807, 2.05) is 0 Å². The lowest BCUT2D eigenvalue weighted by Gasteiger charge is -2.09. The van der Waals surface area contributed by atoms with Crippen molar-refractivity contribution in [2.75, 3.05) is 6.54 Å². The first-order valence-electron chi connectivity index (χ1n) is 6.33. The van der Waals surface area contributed by atoms with Crippen LogP contribution in [0.2, 0.25) is 0 Å². The number of carboxylic acids is 1. The van der Waals surface area contributed by atoms with Gasteiger partial charge in [-0.3, -0.25) is 0 Å². The average Bonchev–Trinajstić information content (AvgIpc) is 2.36. The third-order valence-electron chi connectivity index (χ3n) is 2.63. The number of carbonyl (C=O) groups is 2. The zero-order chi connectivity index (χ0) is 14.3. The summed E-state index contributed by atoms with van der Waals surface area (Å²) in [6.07, 6.45) is 0.932. The molecule has 5 nitrogen and oxygen atoms in total. The fraction of sp³-hybridized carbons (Fsp3) is 0.429. The lowest BCUT2D eigenvalue weighted by atomic mass is 10.1. The minimum Gasteiger partial charge on any atom is -0.478 e. The number of carboxylic acid groups (broad SMARTS) is 1. The van der Waals surface area contributed by atoms with Crippen molar-refractivity contribution in [3.8, 4) is 0 Å².